The Morgan fingerprint density at radius 2 is 1.33 bits per heavy atom. The van der Waals surface area contributed by atoms with Gasteiger partial charge in [0.05, 0.1) is 12.3 Å². The molecule has 0 heterocycles. The van der Waals surface area contributed by atoms with Crippen molar-refractivity contribution in [2.45, 2.75) is 116 Å². The van der Waals surface area contributed by atoms with Gasteiger partial charge in [0, 0.05) is 0 Å². The van der Waals surface area contributed by atoms with Crippen LogP contribution < -0.4 is 0 Å². The van der Waals surface area contributed by atoms with E-state index in [2.05, 4.69) is 25.7 Å². The molecule has 1 N–H and O–H groups in total. The second kappa shape index (κ2) is 22.1. The Morgan fingerprint density at radius 3 is 1.83 bits per heavy atom. The molecule has 0 amide bonds. The Bertz CT molecular complexity index is 456. The summed E-state index contributed by atoms with van der Waals surface area (Å²) in [6.07, 6.45) is 25.4. The highest BCUT2D eigenvalue weighted by Crippen LogP contribution is 2.15. The van der Waals surface area contributed by atoms with Crippen molar-refractivity contribution in [2.24, 2.45) is 5.92 Å². The minimum atomic E-state index is -0.925. The average molecular weight is 423 g/mol. The number of carbonyl (C=O) groups is 2. The van der Waals surface area contributed by atoms with E-state index in [9.17, 15) is 14.7 Å². The molecule has 30 heavy (non-hydrogen) atoms. The predicted octanol–water partition coefficient (Wildman–Crippen LogP) is 7.62. The second-order valence-corrected chi connectivity index (χ2v) is 8.29. The number of allylic oxidation sites excluding steroid dienone is 2. The lowest BCUT2D eigenvalue weighted by molar-refractivity contribution is -0.151. The molecule has 0 aliphatic heterocycles. The molecule has 1 unspecified atom stereocenters. The van der Waals surface area contributed by atoms with Crippen LogP contribution >= 0.6 is 0 Å². The highest BCUT2D eigenvalue weighted by atomic mass is 16.5. The molecule has 0 saturated carbocycles. The Kier molecular flexibility index (Phi) is 20.9. The van der Waals surface area contributed by atoms with Gasteiger partial charge >= 0.3 is 11.9 Å². The van der Waals surface area contributed by atoms with E-state index in [4.69, 9.17) is 4.74 Å². The van der Waals surface area contributed by atoms with Crippen LogP contribution in [-0.4, -0.2) is 23.7 Å². The number of rotatable bonds is 22. The van der Waals surface area contributed by atoms with Crippen LogP contribution in [0.3, 0.4) is 0 Å². The first kappa shape index (κ1) is 28.4. The largest absolute Gasteiger partial charge is 0.481 e. The summed E-state index contributed by atoms with van der Waals surface area (Å²) in [6.45, 7) is 5.87. The summed E-state index contributed by atoms with van der Waals surface area (Å²) in [5.74, 6) is -2.05. The molecule has 0 radical (unpaired) electrons. The third-order valence-electron chi connectivity index (χ3n) is 5.44. The molecular formula is C26H46O4. The van der Waals surface area contributed by atoms with Crippen LogP contribution in [-0.2, 0) is 14.3 Å². The molecule has 0 aliphatic carbocycles. The van der Waals surface area contributed by atoms with Crippen molar-refractivity contribution in [2.75, 3.05) is 6.61 Å². The molecule has 0 fully saturated rings. The summed E-state index contributed by atoms with van der Waals surface area (Å²) in [5.41, 5.74) is 0. The number of aliphatic carboxylic acids is 1. The number of esters is 1. The number of hydrogen-bond acceptors (Lipinski definition) is 3. The van der Waals surface area contributed by atoms with Gasteiger partial charge in [-0.15, -0.1) is 0 Å². The SMILES string of the molecule is C=CCOC(=O)CC(CCC/C=C/CCCCCCCCCCCCCC)C(=O)O. The van der Waals surface area contributed by atoms with E-state index in [1.165, 1.54) is 83.1 Å². The molecule has 0 rings (SSSR count). The standard InChI is InChI=1S/C26H46O4/c1-3-5-6-7-8-9-10-11-12-13-14-15-16-17-18-19-20-21-24(26(28)29)23-25(27)30-22-4-2/h4,17-18,24H,2-3,5-16,19-23H2,1H3,(H,28,29)/b18-17+. The summed E-state index contributed by atoms with van der Waals surface area (Å²) >= 11 is 0. The molecule has 0 aliphatic rings. The van der Waals surface area contributed by atoms with Gasteiger partial charge in [-0.3, -0.25) is 9.59 Å². The van der Waals surface area contributed by atoms with Crippen molar-refractivity contribution in [3.8, 4) is 0 Å². The maximum atomic E-state index is 11.6. The van der Waals surface area contributed by atoms with E-state index >= 15 is 0 Å². The van der Waals surface area contributed by atoms with Crippen molar-refractivity contribution in [1.82, 2.24) is 0 Å². The quantitative estimate of drug-likeness (QED) is 0.111. The Labute approximate surface area is 185 Å². The maximum Gasteiger partial charge on any atom is 0.307 e. The van der Waals surface area contributed by atoms with Gasteiger partial charge in [-0.2, -0.15) is 0 Å². The van der Waals surface area contributed by atoms with Crippen LogP contribution in [0, 0.1) is 5.92 Å². The fourth-order valence-corrected chi connectivity index (χ4v) is 3.55. The first-order chi connectivity index (χ1) is 14.6. The van der Waals surface area contributed by atoms with Gasteiger partial charge in [0.2, 0.25) is 0 Å². The highest BCUT2D eigenvalue weighted by molar-refractivity contribution is 5.78. The summed E-state index contributed by atoms with van der Waals surface area (Å²) in [7, 11) is 0. The fourth-order valence-electron chi connectivity index (χ4n) is 3.55. The highest BCUT2D eigenvalue weighted by Gasteiger charge is 2.21. The first-order valence-electron chi connectivity index (χ1n) is 12.3. The van der Waals surface area contributed by atoms with Gasteiger partial charge in [-0.1, -0.05) is 102 Å². The molecular weight excluding hydrogens is 376 g/mol. The molecule has 0 aromatic heterocycles. The third kappa shape index (κ3) is 19.7. The minimum absolute atomic E-state index is 0.0637. The average Bonchev–Trinajstić information content (AvgIpc) is 2.73. The van der Waals surface area contributed by atoms with Crippen molar-refractivity contribution >= 4 is 11.9 Å². The summed E-state index contributed by atoms with van der Waals surface area (Å²) < 4.78 is 4.87. The van der Waals surface area contributed by atoms with Crippen LogP contribution in [0.25, 0.3) is 0 Å². The molecule has 174 valence electrons. The van der Waals surface area contributed by atoms with E-state index in [-0.39, 0.29) is 13.0 Å². The number of carbonyl (C=O) groups excluding carboxylic acids is 1. The summed E-state index contributed by atoms with van der Waals surface area (Å²) in [6, 6.07) is 0. The fraction of sp³-hybridized carbons (Fsp3) is 0.769. The molecule has 0 spiro atoms. The van der Waals surface area contributed by atoms with Crippen LogP contribution in [0.4, 0.5) is 0 Å². The molecule has 4 heteroatoms. The number of carboxylic acids is 1. The van der Waals surface area contributed by atoms with E-state index in [1.54, 1.807) is 0 Å². The number of hydrogen-bond donors (Lipinski definition) is 1. The molecule has 0 bridgehead atoms. The smallest absolute Gasteiger partial charge is 0.307 e. The van der Waals surface area contributed by atoms with Crippen LogP contribution in [0.15, 0.2) is 24.8 Å². The molecule has 0 aromatic rings. The normalized spacial score (nSPS) is 12.2. The van der Waals surface area contributed by atoms with Crippen molar-refractivity contribution in [3.05, 3.63) is 24.8 Å². The lowest BCUT2D eigenvalue weighted by Crippen LogP contribution is -2.19. The Balaban J connectivity index is 3.51. The Morgan fingerprint density at radius 1 is 0.833 bits per heavy atom. The van der Waals surface area contributed by atoms with E-state index in [0.717, 1.165) is 19.3 Å². The summed E-state index contributed by atoms with van der Waals surface area (Å²) in [4.78, 5) is 22.8. The van der Waals surface area contributed by atoms with Gasteiger partial charge in [-0.25, -0.2) is 0 Å². The van der Waals surface area contributed by atoms with Gasteiger partial charge in [0.15, 0.2) is 0 Å². The lowest BCUT2D eigenvalue weighted by atomic mass is 9.98. The van der Waals surface area contributed by atoms with Crippen LogP contribution in [0.5, 0.6) is 0 Å². The van der Waals surface area contributed by atoms with Gasteiger partial charge in [0.25, 0.3) is 0 Å². The number of carboxylic acid groups (broad SMARTS) is 1. The van der Waals surface area contributed by atoms with Crippen molar-refractivity contribution in [1.29, 1.82) is 0 Å². The topological polar surface area (TPSA) is 63.6 Å². The van der Waals surface area contributed by atoms with Crippen molar-refractivity contribution in [3.63, 3.8) is 0 Å². The van der Waals surface area contributed by atoms with Crippen molar-refractivity contribution < 1.29 is 19.4 Å². The molecule has 4 nitrogen and oxygen atoms in total. The number of ether oxygens (including phenoxy) is 1. The minimum Gasteiger partial charge on any atom is -0.481 e. The lowest BCUT2D eigenvalue weighted by Gasteiger charge is -2.10. The van der Waals surface area contributed by atoms with E-state index in [0.29, 0.717) is 6.42 Å². The monoisotopic (exact) mass is 422 g/mol. The first-order valence-corrected chi connectivity index (χ1v) is 12.3. The maximum absolute atomic E-state index is 11.6. The van der Waals surface area contributed by atoms with Gasteiger partial charge < -0.3 is 9.84 Å². The second-order valence-electron chi connectivity index (χ2n) is 8.29. The van der Waals surface area contributed by atoms with Gasteiger partial charge in [0.1, 0.15) is 6.61 Å². The molecule has 1 atom stereocenters. The number of unbranched alkanes of at least 4 members (excludes halogenated alkanes) is 13. The van der Waals surface area contributed by atoms with E-state index < -0.39 is 17.9 Å². The van der Waals surface area contributed by atoms with Crippen LogP contribution in [0.1, 0.15) is 116 Å². The molecule has 0 aromatic carbocycles. The van der Waals surface area contributed by atoms with E-state index in [1.807, 2.05) is 0 Å². The van der Waals surface area contributed by atoms with Gasteiger partial charge in [-0.05, 0) is 32.1 Å². The zero-order valence-corrected chi connectivity index (χ0v) is 19.4. The zero-order valence-electron chi connectivity index (χ0n) is 19.4. The van der Waals surface area contributed by atoms with Crippen LogP contribution in [0.2, 0.25) is 0 Å². The zero-order chi connectivity index (χ0) is 22.3. The third-order valence-corrected chi connectivity index (χ3v) is 5.44. The Hall–Kier alpha value is -1.58. The summed E-state index contributed by atoms with van der Waals surface area (Å²) in [5, 5.41) is 9.24. The molecule has 0 saturated heterocycles. The predicted molar refractivity (Wildman–Crippen MR) is 126 cm³/mol.